The molecule has 0 spiro atoms. The first-order valence-corrected chi connectivity index (χ1v) is 15.3. The molecule has 1 heterocycles. The Morgan fingerprint density at radius 1 is 0.778 bits per heavy atom. The number of hydrogen-bond acceptors (Lipinski definition) is 5. The summed E-state index contributed by atoms with van der Waals surface area (Å²) in [7, 11) is 0. The Bertz CT molecular complexity index is 1860. The first-order chi connectivity index (χ1) is 21.9. The van der Waals surface area contributed by atoms with Crippen molar-refractivity contribution in [2.45, 2.75) is 38.8 Å². The molecule has 4 N–H and O–H groups in total. The molecule has 7 nitrogen and oxygen atoms in total. The van der Waals surface area contributed by atoms with Crippen LogP contribution in [0.3, 0.4) is 0 Å². The Balaban J connectivity index is 1.16. The molecule has 3 amide bonds. The molecule has 7 heteroatoms. The normalized spacial score (nSPS) is 13.2. The molecular formula is C38H36N4O3. The van der Waals surface area contributed by atoms with Gasteiger partial charge in [0.15, 0.2) is 0 Å². The van der Waals surface area contributed by atoms with Gasteiger partial charge in [-0.2, -0.15) is 0 Å². The minimum Gasteiger partial charge on any atom is -0.380 e. The molecule has 1 aliphatic rings. The maximum atomic E-state index is 13.8. The number of nitrogens with one attached hydrogen (secondary N) is 2. The van der Waals surface area contributed by atoms with Crippen molar-refractivity contribution in [1.29, 1.82) is 0 Å². The zero-order chi connectivity index (χ0) is 31.3. The number of aryl methyl sites for hydroxylation is 1. The van der Waals surface area contributed by atoms with Gasteiger partial charge >= 0.3 is 0 Å². The van der Waals surface area contributed by atoms with Crippen LogP contribution in [0.4, 0.5) is 11.4 Å². The van der Waals surface area contributed by atoms with Crippen LogP contribution >= 0.6 is 0 Å². The van der Waals surface area contributed by atoms with Gasteiger partial charge in [0.25, 0.3) is 11.8 Å². The van der Waals surface area contributed by atoms with E-state index in [2.05, 4.69) is 35.8 Å². The maximum Gasteiger partial charge on any atom is 0.265 e. The Morgan fingerprint density at radius 3 is 2.29 bits per heavy atom. The fourth-order valence-corrected chi connectivity index (χ4v) is 5.91. The van der Waals surface area contributed by atoms with Gasteiger partial charge in [0.1, 0.15) is 0 Å². The van der Waals surface area contributed by atoms with Crippen LogP contribution in [-0.4, -0.2) is 24.3 Å². The molecule has 1 aliphatic heterocycles. The van der Waals surface area contributed by atoms with Crippen LogP contribution in [0.2, 0.25) is 0 Å². The Morgan fingerprint density at radius 2 is 1.49 bits per heavy atom. The van der Waals surface area contributed by atoms with Crippen molar-refractivity contribution in [2.75, 3.05) is 16.8 Å². The van der Waals surface area contributed by atoms with E-state index in [4.69, 9.17) is 5.73 Å². The molecule has 0 saturated heterocycles. The minimum absolute atomic E-state index is 0.0367. The summed E-state index contributed by atoms with van der Waals surface area (Å²) in [5.74, 6) is -0.556. The predicted molar refractivity (Wildman–Crippen MR) is 179 cm³/mol. The number of carbonyl (C=O) groups is 3. The highest BCUT2D eigenvalue weighted by Crippen LogP contribution is 2.36. The standard InChI is InChI=1S/C38H36N4O3/c1-25(29-11-3-2-4-12-29)23-41-35(43)19-16-26-8-6-13-30(21-26)42-37(44)32-15-7-14-31-34(18-17-33(36(31)32)38(42)45)40-24-28-10-5-9-27(20-28)22-39/h2-15,17-18,20-21,25,40H,16,19,22-24,39H2,1H3,(H,41,43). The third-order valence-corrected chi connectivity index (χ3v) is 8.40. The second-order valence-corrected chi connectivity index (χ2v) is 11.5. The summed E-state index contributed by atoms with van der Waals surface area (Å²) < 4.78 is 0. The molecule has 0 bridgehead atoms. The SMILES string of the molecule is CC(CNC(=O)CCc1cccc(N2C(=O)c3cccc4c(NCc5cccc(CN)c5)ccc(c34)C2=O)c1)c1ccccc1. The molecule has 1 atom stereocenters. The lowest BCUT2D eigenvalue weighted by Crippen LogP contribution is -2.40. The number of benzene rings is 5. The van der Waals surface area contributed by atoms with E-state index in [1.54, 1.807) is 18.2 Å². The van der Waals surface area contributed by atoms with Gasteiger partial charge in [-0.25, -0.2) is 4.90 Å². The molecule has 0 aliphatic carbocycles. The van der Waals surface area contributed by atoms with E-state index in [1.807, 2.05) is 72.8 Å². The van der Waals surface area contributed by atoms with Gasteiger partial charge in [-0.1, -0.05) is 85.8 Å². The zero-order valence-corrected chi connectivity index (χ0v) is 25.3. The summed E-state index contributed by atoms with van der Waals surface area (Å²) in [6.07, 6.45) is 0.798. The molecule has 1 unspecified atom stereocenters. The van der Waals surface area contributed by atoms with Crippen molar-refractivity contribution < 1.29 is 14.4 Å². The van der Waals surface area contributed by atoms with Crippen molar-refractivity contribution in [3.63, 3.8) is 0 Å². The van der Waals surface area contributed by atoms with E-state index in [9.17, 15) is 14.4 Å². The third kappa shape index (κ3) is 6.35. The summed E-state index contributed by atoms with van der Waals surface area (Å²) in [5.41, 5.74) is 12.3. The highest BCUT2D eigenvalue weighted by atomic mass is 16.2. The van der Waals surface area contributed by atoms with E-state index in [1.165, 1.54) is 10.5 Å². The molecule has 5 aromatic carbocycles. The van der Waals surface area contributed by atoms with Crippen molar-refractivity contribution in [3.05, 3.63) is 143 Å². The van der Waals surface area contributed by atoms with Crippen LogP contribution in [0.25, 0.3) is 10.8 Å². The summed E-state index contributed by atoms with van der Waals surface area (Å²) in [5, 5.41) is 7.98. The third-order valence-electron chi connectivity index (χ3n) is 8.40. The van der Waals surface area contributed by atoms with Crippen LogP contribution in [-0.2, 0) is 24.3 Å². The van der Waals surface area contributed by atoms with Gasteiger partial charge < -0.3 is 16.4 Å². The number of anilines is 2. The number of carbonyl (C=O) groups excluding carboxylic acids is 3. The van der Waals surface area contributed by atoms with Crippen LogP contribution in [0, 0.1) is 0 Å². The van der Waals surface area contributed by atoms with E-state index in [0.29, 0.717) is 54.7 Å². The topological polar surface area (TPSA) is 105 Å². The summed E-state index contributed by atoms with van der Waals surface area (Å²) in [6.45, 7) is 3.70. The average Bonchev–Trinajstić information content (AvgIpc) is 3.08. The van der Waals surface area contributed by atoms with Gasteiger partial charge in [0.05, 0.1) is 5.69 Å². The van der Waals surface area contributed by atoms with Crippen LogP contribution < -0.4 is 21.3 Å². The number of nitrogens with zero attached hydrogens (tertiary/aromatic N) is 1. The largest absolute Gasteiger partial charge is 0.380 e. The van der Waals surface area contributed by atoms with Gasteiger partial charge in [0.2, 0.25) is 5.91 Å². The number of nitrogens with two attached hydrogens (primary N) is 1. The number of imide groups is 1. The lowest BCUT2D eigenvalue weighted by Gasteiger charge is -2.28. The molecule has 0 saturated carbocycles. The maximum absolute atomic E-state index is 13.8. The van der Waals surface area contributed by atoms with E-state index < -0.39 is 0 Å². The second-order valence-electron chi connectivity index (χ2n) is 11.5. The minimum atomic E-state index is -0.365. The number of hydrogen-bond donors (Lipinski definition) is 3. The van der Waals surface area contributed by atoms with Gasteiger partial charge in [-0.15, -0.1) is 0 Å². The highest BCUT2D eigenvalue weighted by molar-refractivity contribution is 6.36. The molecule has 0 fully saturated rings. The lowest BCUT2D eigenvalue weighted by molar-refractivity contribution is -0.121. The fraction of sp³-hybridized carbons (Fsp3) is 0.184. The fourth-order valence-electron chi connectivity index (χ4n) is 5.91. The van der Waals surface area contributed by atoms with Crippen molar-refractivity contribution >= 4 is 39.9 Å². The van der Waals surface area contributed by atoms with Crippen molar-refractivity contribution in [1.82, 2.24) is 5.32 Å². The smallest absolute Gasteiger partial charge is 0.265 e. The predicted octanol–water partition coefficient (Wildman–Crippen LogP) is 6.56. The summed E-state index contributed by atoms with van der Waals surface area (Å²) in [6, 6.07) is 34.7. The average molecular weight is 597 g/mol. The van der Waals surface area contributed by atoms with Crippen LogP contribution in [0.5, 0.6) is 0 Å². The second kappa shape index (κ2) is 13.2. The summed E-state index contributed by atoms with van der Waals surface area (Å²) >= 11 is 0. The van der Waals surface area contributed by atoms with Crippen molar-refractivity contribution in [2.24, 2.45) is 5.73 Å². The van der Waals surface area contributed by atoms with E-state index in [-0.39, 0.29) is 23.6 Å². The molecule has 45 heavy (non-hydrogen) atoms. The molecule has 0 radical (unpaired) electrons. The number of rotatable bonds is 11. The lowest BCUT2D eigenvalue weighted by atomic mass is 9.92. The van der Waals surface area contributed by atoms with Gasteiger partial charge in [-0.3, -0.25) is 14.4 Å². The van der Waals surface area contributed by atoms with Gasteiger partial charge in [0, 0.05) is 53.6 Å². The van der Waals surface area contributed by atoms with Gasteiger partial charge in [-0.05, 0) is 64.9 Å². The zero-order valence-electron chi connectivity index (χ0n) is 25.3. The Kier molecular flexibility index (Phi) is 8.71. The summed E-state index contributed by atoms with van der Waals surface area (Å²) in [4.78, 5) is 41.5. The Hall–Kier alpha value is -5.27. The van der Waals surface area contributed by atoms with Crippen molar-refractivity contribution in [3.8, 4) is 0 Å². The molecular weight excluding hydrogens is 560 g/mol. The van der Waals surface area contributed by atoms with E-state index in [0.717, 1.165) is 27.8 Å². The first kappa shape index (κ1) is 29.8. The Labute approximate surface area is 263 Å². The quantitative estimate of drug-likeness (QED) is 0.150. The molecule has 0 aromatic heterocycles. The van der Waals surface area contributed by atoms with Crippen LogP contribution in [0.15, 0.2) is 109 Å². The first-order valence-electron chi connectivity index (χ1n) is 15.3. The molecule has 6 rings (SSSR count). The molecule has 5 aromatic rings. The monoisotopic (exact) mass is 596 g/mol. The number of amides is 3. The highest BCUT2D eigenvalue weighted by Gasteiger charge is 2.34. The van der Waals surface area contributed by atoms with Crippen LogP contribution in [0.1, 0.15) is 62.2 Å². The molecule has 226 valence electrons. The van der Waals surface area contributed by atoms with E-state index >= 15 is 0 Å².